The van der Waals surface area contributed by atoms with Gasteiger partial charge in [-0.05, 0) is 24.3 Å². The first kappa shape index (κ1) is 20.5. The molecule has 2 N–H and O–H groups in total. The van der Waals surface area contributed by atoms with Crippen molar-refractivity contribution in [2.45, 2.75) is 18.4 Å². The van der Waals surface area contributed by atoms with Crippen LogP contribution >= 0.6 is 0 Å². The van der Waals surface area contributed by atoms with Gasteiger partial charge in [-0.1, -0.05) is 6.92 Å². The minimum Gasteiger partial charge on any atom is -0.325 e. The van der Waals surface area contributed by atoms with E-state index in [1.165, 1.54) is 53.8 Å². The molecule has 0 saturated heterocycles. The fourth-order valence-electron chi connectivity index (χ4n) is 2.86. The molecule has 12 heteroatoms. The van der Waals surface area contributed by atoms with Crippen LogP contribution in [0.25, 0.3) is 11.2 Å². The number of hydrogen-bond donors (Lipinski definition) is 2. The van der Waals surface area contributed by atoms with Crippen LogP contribution in [0.1, 0.15) is 6.92 Å². The van der Waals surface area contributed by atoms with Crippen molar-refractivity contribution < 1.29 is 13.2 Å². The number of nitrogens with zero attached hydrogens (tertiary/aromatic N) is 4. The number of sulfonamides is 1. The molecule has 0 saturated carbocycles. The number of anilines is 1. The number of aromatic nitrogens is 4. The molecule has 3 rings (SSSR count). The number of hydrogen-bond acceptors (Lipinski definition) is 6. The smallest absolute Gasteiger partial charge is 0.325 e. The molecule has 0 aliphatic heterocycles. The van der Waals surface area contributed by atoms with Crippen LogP contribution in [0.15, 0.2) is 45.1 Å². The van der Waals surface area contributed by atoms with Gasteiger partial charge in [0.05, 0.1) is 11.2 Å². The molecule has 0 atom stereocenters. The minimum absolute atomic E-state index is 0.0855. The molecule has 0 bridgehead atoms. The van der Waals surface area contributed by atoms with Crippen molar-refractivity contribution in [2.75, 3.05) is 11.9 Å². The SMILES string of the molecule is CCNS(=O)(=O)c1ccc(NC(=O)Cn2cnc3c2c(=O)n(C)c(=O)n3C)cc1. The summed E-state index contributed by atoms with van der Waals surface area (Å²) in [6, 6.07) is 5.70. The van der Waals surface area contributed by atoms with Gasteiger partial charge in [-0.3, -0.25) is 18.7 Å². The van der Waals surface area contributed by atoms with Gasteiger partial charge >= 0.3 is 5.69 Å². The van der Waals surface area contributed by atoms with Gasteiger partial charge < -0.3 is 9.88 Å². The van der Waals surface area contributed by atoms with E-state index in [-0.39, 0.29) is 29.1 Å². The predicted molar refractivity (Wildman–Crippen MR) is 106 cm³/mol. The van der Waals surface area contributed by atoms with Crippen LogP contribution in [0.5, 0.6) is 0 Å². The standard InChI is InChI=1S/C17H20N6O5S/c1-4-19-29(27,28)12-7-5-11(6-8-12)20-13(24)9-23-10-18-15-14(23)16(25)22(3)17(26)21(15)2/h5-8,10,19H,4,9H2,1-3H3,(H,20,24). The number of aryl methyl sites for hydroxylation is 1. The first-order valence-electron chi connectivity index (χ1n) is 8.66. The van der Waals surface area contributed by atoms with E-state index < -0.39 is 27.2 Å². The van der Waals surface area contributed by atoms with Crippen molar-refractivity contribution in [3.8, 4) is 0 Å². The summed E-state index contributed by atoms with van der Waals surface area (Å²) in [7, 11) is -0.735. The third kappa shape index (κ3) is 3.84. The summed E-state index contributed by atoms with van der Waals surface area (Å²) in [4.78, 5) is 40.9. The lowest BCUT2D eigenvalue weighted by Crippen LogP contribution is -2.37. The summed E-state index contributed by atoms with van der Waals surface area (Å²) >= 11 is 0. The van der Waals surface area contributed by atoms with Gasteiger partial charge in [-0.2, -0.15) is 0 Å². The topological polar surface area (TPSA) is 137 Å². The number of carbonyl (C=O) groups excluding carboxylic acids is 1. The van der Waals surface area contributed by atoms with Crippen LogP contribution in [0.2, 0.25) is 0 Å². The van der Waals surface area contributed by atoms with E-state index in [4.69, 9.17) is 0 Å². The molecular formula is C17H20N6O5S. The summed E-state index contributed by atoms with van der Waals surface area (Å²) in [5.74, 6) is -0.442. The highest BCUT2D eigenvalue weighted by molar-refractivity contribution is 7.89. The Morgan fingerprint density at radius 2 is 1.76 bits per heavy atom. The maximum Gasteiger partial charge on any atom is 0.332 e. The predicted octanol–water partition coefficient (Wildman–Crippen LogP) is -0.629. The average Bonchev–Trinajstić information content (AvgIpc) is 3.08. The van der Waals surface area contributed by atoms with Crippen LogP contribution in [-0.4, -0.2) is 39.6 Å². The monoisotopic (exact) mass is 420 g/mol. The molecule has 154 valence electrons. The fourth-order valence-corrected chi connectivity index (χ4v) is 3.90. The van der Waals surface area contributed by atoms with Gasteiger partial charge in [0.2, 0.25) is 15.9 Å². The van der Waals surface area contributed by atoms with Gasteiger partial charge in [0, 0.05) is 26.3 Å². The lowest BCUT2D eigenvalue weighted by Gasteiger charge is -2.09. The molecule has 2 heterocycles. The Labute approximate surface area is 165 Å². The Morgan fingerprint density at radius 1 is 1.10 bits per heavy atom. The molecule has 11 nitrogen and oxygen atoms in total. The van der Waals surface area contributed by atoms with Crippen molar-refractivity contribution in [3.63, 3.8) is 0 Å². The minimum atomic E-state index is -3.58. The van der Waals surface area contributed by atoms with E-state index in [0.717, 1.165) is 4.57 Å². The lowest BCUT2D eigenvalue weighted by atomic mass is 10.3. The Bertz CT molecular complexity index is 1300. The molecule has 2 aromatic heterocycles. The summed E-state index contributed by atoms with van der Waals surface area (Å²) in [6.07, 6.45) is 1.32. The summed E-state index contributed by atoms with van der Waals surface area (Å²) in [6.45, 7) is 1.74. The normalized spacial score (nSPS) is 11.7. The van der Waals surface area contributed by atoms with Gasteiger partial charge in [0.15, 0.2) is 11.2 Å². The van der Waals surface area contributed by atoms with E-state index >= 15 is 0 Å². The molecular weight excluding hydrogens is 400 g/mol. The van der Waals surface area contributed by atoms with Crippen molar-refractivity contribution >= 4 is 32.8 Å². The molecule has 0 unspecified atom stereocenters. The van der Waals surface area contributed by atoms with Crippen LogP contribution < -0.4 is 21.3 Å². The highest BCUT2D eigenvalue weighted by Crippen LogP contribution is 2.14. The van der Waals surface area contributed by atoms with Crippen molar-refractivity contribution in [2.24, 2.45) is 14.1 Å². The maximum absolute atomic E-state index is 12.4. The highest BCUT2D eigenvalue weighted by atomic mass is 32.2. The number of benzene rings is 1. The molecule has 0 aliphatic carbocycles. The second-order valence-corrected chi connectivity index (χ2v) is 8.09. The second kappa shape index (κ2) is 7.64. The van der Waals surface area contributed by atoms with Crippen molar-refractivity contribution in [1.29, 1.82) is 0 Å². The number of rotatable bonds is 6. The van der Waals surface area contributed by atoms with Gasteiger partial charge in [-0.15, -0.1) is 0 Å². The number of nitrogens with one attached hydrogen (secondary N) is 2. The molecule has 3 aromatic rings. The Morgan fingerprint density at radius 3 is 2.38 bits per heavy atom. The van der Waals surface area contributed by atoms with E-state index in [1.54, 1.807) is 6.92 Å². The van der Waals surface area contributed by atoms with E-state index in [1.807, 2.05) is 0 Å². The Hall–Kier alpha value is -3.25. The van der Waals surface area contributed by atoms with E-state index in [0.29, 0.717) is 5.69 Å². The van der Waals surface area contributed by atoms with Crippen molar-refractivity contribution in [3.05, 3.63) is 51.4 Å². The fraction of sp³-hybridized carbons (Fsp3) is 0.294. The van der Waals surface area contributed by atoms with Crippen LogP contribution in [0, 0.1) is 0 Å². The van der Waals surface area contributed by atoms with Crippen LogP contribution in [0.4, 0.5) is 5.69 Å². The van der Waals surface area contributed by atoms with E-state index in [2.05, 4.69) is 15.0 Å². The molecule has 1 amide bonds. The summed E-state index contributed by atoms with van der Waals surface area (Å²) < 4.78 is 29.8. The molecule has 1 aromatic carbocycles. The zero-order valence-corrected chi connectivity index (χ0v) is 16.9. The molecule has 0 spiro atoms. The third-order valence-corrected chi connectivity index (χ3v) is 5.88. The van der Waals surface area contributed by atoms with E-state index in [9.17, 15) is 22.8 Å². The first-order chi connectivity index (χ1) is 13.7. The Balaban J connectivity index is 1.82. The van der Waals surface area contributed by atoms with Gasteiger partial charge in [0.25, 0.3) is 5.56 Å². The molecule has 29 heavy (non-hydrogen) atoms. The first-order valence-corrected chi connectivity index (χ1v) is 10.1. The quantitative estimate of drug-likeness (QED) is 0.545. The zero-order chi connectivity index (χ0) is 21.3. The number of carbonyl (C=O) groups is 1. The number of imidazole rings is 1. The summed E-state index contributed by atoms with van der Waals surface area (Å²) in [5.41, 5.74) is -0.341. The third-order valence-electron chi connectivity index (χ3n) is 4.31. The molecule has 0 aliphatic rings. The van der Waals surface area contributed by atoms with Crippen molar-refractivity contribution in [1.82, 2.24) is 23.4 Å². The lowest BCUT2D eigenvalue weighted by molar-refractivity contribution is -0.116. The molecule has 0 fully saturated rings. The largest absolute Gasteiger partial charge is 0.332 e. The Kier molecular flexibility index (Phi) is 5.40. The number of fused-ring (bicyclic) bond motifs is 1. The average molecular weight is 420 g/mol. The summed E-state index contributed by atoms with van der Waals surface area (Å²) in [5, 5.41) is 2.64. The maximum atomic E-state index is 12.4. The van der Waals surface area contributed by atoms with Gasteiger partial charge in [0.1, 0.15) is 6.54 Å². The highest BCUT2D eigenvalue weighted by Gasteiger charge is 2.16. The van der Waals surface area contributed by atoms with Crippen LogP contribution in [-0.2, 0) is 35.5 Å². The number of amides is 1. The van der Waals surface area contributed by atoms with Gasteiger partial charge in [-0.25, -0.2) is 22.9 Å². The zero-order valence-electron chi connectivity index (χ0n) is 16.0. The van der Waals surface area contributed by atoms with Crippen LogP contribution in [0.3, 0.4) is 0 Å². The molecule has 0 radical (unpaired) electrons. The second-order valence-electron chi connectivity index (χ2n) is 6.32.